The van der Waals surface area contributed by atoms with Crippen LogP contribution in [0, 0.1) is 3.57 Å². The van der Waals surface area contributed by atoms with Crippen LogP contribution < -0.4 is 15.7 Å². The zero-order chi connectivity index (χ0) is 97.6. The van der Waals surface area contributed by atoms with Crippen LogP contribution in [-0.2, 0) is 16.2 Å². The first-order chi connectivity index (χ1) is 69.7. The van der Waals surface area contributed by atoms with Crippen molar-refractivity contribution in [1.29, 1.82) is 0 Å². The predicted octanol–water partition coefficient (Wildman–Crippen LogP) is 37.3. The molecule has 0 amide bonds. The molecule has 3 aliphatic rings. The molecule has 0 saturated carbocycles. The summed E-state index contributed by atoms with van der Waals surface area (Å²) in [4.78, 5) is 2.43. The Bertz CT molecular complexity index is 8770. The lowest BCUT2D eigenvalue weighted by molar-refractivity contribution is 0.425. The van der Waals surface area contributed by atoms with Crippen LogP contribution in [0.2, 0.25) is 0 Å². The maximum atomic E-state index is 9.33. The monoisotopic (exact) mass is 2080 g/mol. The van der Waals surface area contributed by atoms with E-state index in [-0.39, 0.29) is 16.2 Å². The Morgan fingerprint density at radius 1 is 0.231 bits per heavy atom. The highest BCUT2D eigenvalue weighted by molar-refractivity contribution is 14.1. The molecule has 8 heteroatoms. The molecule has 0 radical (unpaired) electrons. The van der Waals surface area contributed by atoms with Crippen LogP contribution in [-0.4, -0.2) is 17.2 Å². The Morgan fingerprint density at radius 2 is 0.538 bits per heavy atom. The van der Waals surface area contributed by atoms with E-state index in [4.69, 9.17) is 0 Å². The van der Waals surface area contributed by atoms with Crippen LogP contribution >= 0.6 is 54.5 Å². The van der Waals surface area contributed by atoms with Crippen molar-refractivity contribution >= 4 is 160 Å². The number of para-hydroxylation sites is 2. The number of hydrogen-bond acceptors (Lipinski definition) is 4. The first-order valence-electron chi connectivity index (χ1n) is 48.8. The Morgan fingerprint density at radius 3 is 1.01 bits per heavy atom. The van der Waals surface area contributed by atoms with E-state index in [1.54, 1.807) is 6.07 Å². The normalized spacial score (nSPS) is 12.7. The highest BCUT2D eigenvalue weighted by atomic mass is 127. The minimum atomic E-state index is -1.42. The molecule has 0 spiro atoms. The van der Waals surface area contributed by atoms with Crippen molar-refractivity contribution in [3.63, 3.8) is 0 Å². The number of rotatable bonds is 12. The molecule has 0 saturated heterocycles. The van der Waals surface area contributed by atoms with Crippen molar-refractivity contribution in [1.82, 2.24) is 0 Å². The summed E-state index contributed by atoms with van der Waals surface area (Å²) in [6.07, 6.45) is 0. The second kappa shape index (κ2) is 39.4. The number of nitrogens with one attached hydrogen (secondary N) is 1. The standard InChI is InChI=1S/C53H39N.C29H21Br.C24H19N.C15H14BBrO2.C14H9I/c1-53(2)50-34-42(41-24-23-40-22-21-39-17-9-10-18-45(39)49(40)33-41)27-31-47(50)48-32-30-44(35-51(48)53)54(43-28-25-37(26-29-43)36-13-5-3-6-14-36)52-20-12-11-19-46(52)38-15-7-4-8-16-38;1-29(2)27-16-21(11-13-24(27)25-14-12-22(30)17-28(25)29)20-10-9-19-8-7-18-5-3-4-6-23(18)26(19)15-20;1-3-9-19(10-4-1)20-15-17-22(18-16-20)25-24-14-8-7-13-23(24)21-11-5-2-6-12-21;1-15(2)13-7-9(16(18)19)3-5-11(13)12-6-4-10(17)8-14(12)15;15-12-8-7-11-6-5-10-3-1-2-4-13(10)14(11)9-12/h3-35H,1-2H3;3-17H,1-2H3;1-18,25H;3-8,18-19H,1-2H3;1-9H. The number of fused-ring (bicyclic) bond motifs is 18. The Hall–Kier alpha value is -15.1. The van der Waals surface area contributed by atoms with E-state index < -0.39 is 7.12 Å². The van der Waals surface area contributed by atoms with Gasteiger partial charge in [0.2, 0.25) is 0 Å². The Balaban J connectivity index is 0.000000111. The molecule has 0 aromatic heterocycles. The molecule has 3 aliphatic carbocycles. The summed E-state index contributed by atoms with van der Waals surface area (Å²) in [6.45, 7) is 13.8. The van der Waals surface area contributed by atoms with Gasteiger partial charge in [-0.05, 0) is 324 Å². The third kappa shape index (κ3) is 18.4. The molecule has 23 aromatic rings. The van der Waals surface area contributed by atoms with Crippen molar-refractivity contribution in [3.05, 3.63) is 537 Å². The van der Waals surface area contributed by atoms with Crippen molar-refractivity contribution < 1.29 is 10.0 Å². The Labute approximate surface area is 868 Å². The Kier molecular flexibility index (Phi) is 25.6. The summed E-state index contributed by atoms with van der Waals surface area (Å²) in [7, 11) is -1.42. The molecular weight excluding hydrogens is 1980 g/mol. The zero-order valence-electron chi connectivity index (χ0n) is 80.3. The van der Waals surface area contributed by atoms with Crippen LogP contribution in [0.15, 0.2) is 500 Å². The van der Waals surface area contributed by atoms with E-state index in [0.29, 0.717) is 5.46 Å². The topological polar surface area (TPSA) is 55.7 Å². The van der Waals surface area contributed by atoms with Crippen LogP contribution in [0.4, 0.5) is 28.4 Å². The first kappa shape index (κ1) is 92.9. The van der Waals surface area contributed by atoms with Gasteiger partial charge in [-0.25, -0.2) is 0 Å². The lowest BCUT2D eigenvalue weighted by atomic mass is 9.75. The minimum absolute atomic E-state index is 0.00595. The van der Waals surface area contributed by atoms with Gasteiger partial charge in [-0.3, -0.25) is 0 Å². The van der Waals surface area contributed by atoms with E-state index in [1.807, 2.05) is 30.3 Å². The van der Waals surface area contributed by atoms with Crippen LogP contribution in [0.25, 0.3) is 165 Å². The molecule has 26 rings (SSSR count). The number of benzene rings is 23. The predicted molar refractivity (Wildman–Crippen MR) is 625 cm³/mol. The fraction of sp³-hybridized carbons (Fsp3) is 0.0667. The maximum absolute atomic E-state index is 9.33. The summed E-state index contributed by atoms with van der Waals surface area (Å²) in [5.74, 6) is 0. The van der Waals surface area contributed by atoms with Gasteiger partial charge in [0.15, 0.2) is 0 Å². The van der Waals surface area contributed by atoms with Gasteiger partial charge in [0.25, 0.3) is 0 Å². The first-order valence-corrected chi connectivity index (χ1v) is 51.5. The van der Waals surface area contributed by atoms with Gasteiger partial charge in [-0.15, -0.1) is 0 Å². The molecule has 0 bridgehead atoms. The van der Waals surface area contributed by atoms with Gasteiger partial charge in [0, 0.05) is 62.6 Å². The second-order valence-corrected chi connectivity index (χ2v) is 42.0. The largest absolute Gasteiger partial charge is 0.488 e. The highest BCUT2D eigenvalue weighted by Gasteiger charge is 2.40. The summed E-state index contributed by atoms with van der Waals surface area (Å²) < 4.78 is 3.50. The van der Waals surface area contributed by atoms with Crippen molar-refractivity contribution in [3.8, 4) is 100 Å². The zero-order valence-corrected chi connectivity index (χ0v) is 85.6. The molecule has 23 aromatic carbocycles. The summed E-state index contributed by atoms with van der Waals surface area (Å²) in [5.41, 5.74) is 36.3. The van der Waals surface area contributed by atoms with E-state index in [2.05, 4.69) is 561 Å². The summed E-state index contributed by atoms with van der Waals surface area (Å²) in [6, 6.07) is 176. The average molecular weight is 2080 g/mol. The van der Waals surface area contributed by atoms with Crippen molar-refractivity contribution in [2.45, 2.75) is 57.8 Å². The number of anilines is 5. The fourth-order valence-electron chi connectivity index (χ4n) is 21.5. The fourth-order valence-corrected chi connectivity index (χ4v) is 22.8. The average Bonchev–Trinajstić information content (AvgIpc) is 1.58. The highest BCUT2D eigenvalue weighted by Crippen LogP contribution is 2.55. The van der Waals surface area contributed by atoms with E-state index in [0.717, 1.165) is 42.9 Å². The maximum Gasteiger partial charge on any atom is 0.488 e. The third-order valence-corrected chi connectivity index (χ3v) is 30.8. The van der Waals surface area contributed by atoms with Crippen LogP contribution in [0.1, 0.15) is 74.9 Å². The van der Waals surface area contributed by atoms with Crippen molar-refractivity contribution in [2.24, 2.45) is 0 Å². The molecule has 143 heavy (non-hydrogen) atoms. The molecule has 688 valence electrons. The lowest BCUT2D eigenvalue weighted by Crippen LogP contribution is -2.31. The van der Waals surface area contributed by atoms with Gasteiger partial charge in [0.1, 0.15) is 0 Å². The van der Waals surface area contributed by atoms with Gasteiger partial charge >= 0.3 is 7.12 Å². The number of halogens is 3. The molecule has 3 N–H and O–H groups in total. The quantitative estimate of drug-likeness (QED) is 0.0648. The molecule has 0 fully saturated rings. The summed E-state index contributed by atoms with van der Waals surface area (Å²) >= 11 is 9.53. The third-order valence-electron chi connectivity index (χ3n) is 29.1. The number of hydrogen-bond donors (Lipinski definition) is 3. The lowest BCUT2D eigenvalue weighted by Gasteiger charge is -2.30. The van der Waals surface area contributed by atoms with Gasteiger partial charge in [-0.2, -0.15) is 0 Å². The molecule has 4 nitrogen and oxygen atoms in total. The SMILES string of the molecule is CC1(C)c2cc(-c3ccc4ccc5ccccc5c4c3)ccc2-c2ccc(N(c3ccc(-c4ccccc4)cc3)c3ccccc3-c3ccccc3)cc21.CC1(C)c2cc(Br)ccc2-c2ccc(-c3ccc4ccc5ccccc5c4c3)cc21.CC1(C)c2cc(Br)ccc2-c2ccc(B(O)O)cc21.Ic1ccc2ccc3ccccc3c2c1.c1ccc(-c2ccc(Nc3ccccc3-c3ccccc3)cc2)cc1. The van der Waals surface area contributed by atoms with Crippen molar-refractivity contribution in [2.75, 3.05) is 10.2 Å². The minimum Gasteiger partial charge on any atom is -0.423 e. The second-order valence-electron chi connectivity index (χ2n) is 38.9. The van der Waals surface area contributed by atoms with Gasteiger partial charge < -0.3 is 20.3 Å². The molecular formula is C135H102BBr2IN2O2. The molecule has 0 heterocycles. The molecule has 0 atom stereocenters. The van der Waals surface area contributed by atoms with E-state index in [1.165, 1.54) is 196 Å². The van der Waals surface area contributed by atoms with E-state index in [9.17, 15) is 10.0 Å². The molecule has 0 unspecified atom stereocenters. The molecule has 0 aliphatic heterocycles. The number of nitrogens with zero attached hydrogens (tertiary/aromatic N) is 1. The van der Waals surface area contributed by atoms with Crippen LogP contribution in [0.5, 0.6) is 0 Å². The van der Waals surface area contributed by atoms with Crippen LogP contribution in [0.3, 0.4) is 0 Å². The van der Waals surface area contributed by atoms with Gasteiger partial charge in [-0.1, -0.05) is 456 Å². The van der Waals surface area contributed by atoms with E-state index >= 15 is 0 Å². The van der Waals surface area contributed by atoms with Gasteiger partial charge in [0.05, 0.1) is 5.69 Å². The smallest absolute Gasteiger partial charge is 0.423 e. The summed E-state index contributed by atoms with van der Waals surface area (Å²) in [5, 5.41) is 37.9.